The molecule has 2 aromatic heterocycles. The van der Waals surface area contributed by atoms with Crippen LogP contribution in [-0.2, 0) is 13.1 Å². The van der Waals surface area contributed by atoms with E-state index < -0.39 is 5.76 Å². The van der Waals surface area contributed by atoms with Gasteiger partial charge in [0, 0.05) is 6.54 Å². The predicted octanol–water partition coefficient (Wildman–Crippen LogP) is 4.19. The highest BCUT2D eigenvalue weighted by Gasteiger charge is 2.31. The molecule has 7 nitrogen and oxygen atoms in total. The highest BCUT2D eigenvalue weighted by Crippen LogP contribution is 2.41. The molecule has 5 rings (SSSR count). The van der Waals surface area contributed by atoms with E-state index in [1.54, 1.807) is 14.2 Å². The minimum Gasteiger partial charge on any atom is -0.493 e. The minimum atomic E-state index is -0.460. The van der Waals surface area contributed by atoms with Crippen LogP contribution >= 0.6 is 11.3 Å². The number of ether oxygens (including phenoxy) is 2. The van der Waals surface area contributed by atoms with Crippen LogP contribution < -0.4 is 15.2 Å². The molecule has 1 atom stereocenters. The molecule has 0 saturated heterocycles. The molecular formula is C24H23N3O4S. The third kappa shape index (κ3) is 3.72. The number of aromatic nitrogens is 2. The molecule has 8 heteroatoms. The molecule has 0 bridgehead atoms. The quantitative estimate of drug-likeness (QED) is 0.440. The number of benzene rings is 2. The smallest absolute Gasteiger partial charge is 0.438 e. The van der Waals surface area contributed by atoms with Crippen LogP contribution in [0.15, 0.2) is 69.2 Å². The van der Waals surface area contributed by atoms with E-state index in [-0.39, 0.29) is 6.04 Å². The zero-order valence-corrected chi connectivity index (χ0v) is 18.7. The topological polar surface area (TPSA) is 69.7 Å². The Morgan fingerprint density at radius 3 is 2.59 bits per heavy atom. The monoisotopic (exact) mass is 449 g/mol. The molecule has 0 radical (unpaired) electrons. The van der Waals surface area contributed by atoms with Crippen molar-refractivity contribution in [3.05, 3.63) is 87.2 Å². The van der Waals surface area contributed by atoms with Gasteiger partial charge < -0.3 is 13.9 Å². The minimum absolute atomic E-state index is 0.0615. The molecule has 3 heterocycles. The molecule has 0 fully saturated rings. The van der Waals surface area contributed by atoms with Gasteiger partial charge in [0.25, 0.3) is 5.89 Å². The Morgan fingerprint density at radius 1 is 1.09 bits per heavy atom. The van der Waals surface area contributed by atoms with Crippen molar-refractivity contribution < 1.29 is 13.9 Å². The van der Waals surface area contributed by atoms with Gasteiger partial charge >= 0.3 is 5.76 Å². The van der Waals surface area contributed by atoms with Gasteiger partial charge in [-0.2, -0.15) is 4.68 Å². The zero-order chi connectivity index (χ0) is 22.1. The molecule has 1 aliphatic heterocycles. The third-order valence-electron chi connectivity index (χ3n) is 5.74. The lowest BCUT2D eigenvalue weighted by molar-refractivity contribution is 0.151. The molecule has 0 saturated carbocycles. The second-order valence-corrected chi connectivity index (χ2v) is 8.52. The van der Waals surface area contributed by atoms with E-state index >= 15 is 0 Å². The van der Waals surface area contributed by atoms with Gasteiger partial charge in [-0.05, 0) is 46.7 Å². The van der Waals surface area contributed by atoms with Gasteiger partial charge in [-0.25, -0.2) is 4.79 Å². The van der Waals surface area contributed by atoms with Gasteiger partial charge in [0.15, 0.2) is 11.5 Å². The van der Waals surface area contributed by atoms with Crippen LogP contribution in [0, 0.1) is 0 Å². The lowest BCUT2D eigenvalue weighted by Crippen LogP contribution is -2.39. The van der Waals surface area contributed by atoms with E-state index in [0.29, 0.717) is 18.3 Å². The normalized spacial score (nSPS) is 16.0. The summed E-state index contributed by atoms with van der Waals surface area (Å²) in [6, 6.07) is 18.1. The molecule has 1 unspecified atom stereocenters. The van der Waals surface area contributed by atoms with Gasteiger partial charge in [0.05, 0.1) is 25.1 Å². The average molecular weight is 450 g/mol. The Kier molecular flexibility index (Phi) is 5.55. The van der Waals surface area contributed by atoms with Crippen LogP contribution in [0.2, 0.25) is 0 Å². The van der Waals surface area contributed by atoms with Gasteiger partial charge in [-0.1, -0.05) is 36.4 Å². The summed E-state index contributed by atoms with van der Waals surface area (Å²) < 4.78 is 17.9. The molecule has 4 aromatic rings. The maximum Gasteiger partial charge on any atom is 0.438 e. The second kappa shape index (κ2) is 8.64. The van der Waals surface area contributed by atoms with Crippen molar-refractivity contribution in [2.75, 3.05) is 20.8 Å². The number of hydrogen-bond acceptors (Lipinski definition) is 7. The molecular weight excluding hydrogens is 426 g/mol. The average Bonchev–Trinajstić information content (AvgIpc) is 3.49. The molecule has 0 N–H and O–H groups in total. The van der Waals surface area contributed by atoms with Crippen LogP contribution in [0.4, 0.5) is 0 Å². The van der Waals surface area contributed by atoms with Crippen LogP contribution in [0.25, 0.3) is 10.8 Å². The standard InChI is InChI=1S/C24H23N3O4S/c1-29-19-13-17-10-11-26(15-27-24(28)31-23(25-27)21-9-6-12-32-21)22(16-7-4-3-5-8-16)18(17)14-20(19)30-2/h3-9,12-14,22H,10-11,15H2,1-2H3. The molecule has 1 aliphatic rings. The summed E-state index contributed by atoms with van der Waals surface area (Å²) in [6.07, 6.45) is 0.823. The summed E-state index contributed by atoms with van der Waals surface area (Å²) >= 11 is 1.49. The fourth-order valence-electron chi connectivity index (χ4n) is 4.24. The molecule has 0 amide bonds. The van der Waals surface area contributed by atoms with Crippen molar-refractivity contribution in [1.82, 2.24) is 14.7 Å². The van der Waals surface area contributed by atoms with Gasteiger partial charge in [-0.15, -0.1) is 16.4 Å². The van der Waals surface area contributed by atoms with Gasteiger partial charge in [0.1, 0.15) is 6.67 Å². The number of hydrogen-bond donors (Lipinski definition) is 0. The van der Waals surface area contributed by atoms with E-state index in [2.05, 4.69) is 28.2 Å². The summed E-state index contributed by atoms with van der Waals surface area (Å²) in [5.41, 5.74) is 3.48. The van der Waals surface area contributed by atoms with Gasteiger partial charge in [-0.3, -0.25) is 4.90 Å². The molecule has 164 valence electrons. The first-order chi connectivity index (χ1) is 15.7. The first kappa shape index (κ1) is 20.5. The summed E-state index contributed by atoms with van der Waals surface area (Å²) in [5, 5.41) is 6.39. The van der Waals surface area contributed by atoms with E-state index in [1.165, 1.54) is 21.6 Å². The molecule has 0 spiro atoms. The number of fused-ring (bicyclic) bond motifs is 1. The van der Waals surface area contributed by atoms with E-state index in [4.69, 9.17) is 13.9 Å². The Hall–Kier alpha value is -3.36. The number of rotatable bonds is 6. The number of nitrogens with zero attached hydrogens (tertiary/aromatic N) is 3. The van der Waals surface area contributed by atoms with Crippen molar-refractivity contribution in [2.45, 2.75) is 19.1 Å². The Labute approximate surface area is 189 Å². The first-order valence-corrected chi connectivity index (χ1v) is 11.2. The van der Waals surface area contributed by atoms with E-state index in [9.17, 15) is 4.79 Å². The molecule has 0 aliphatic carbocycles. The highest BCUT2D eigenvalue weighted by molar-refractivity contribution is 7.13. The van der Waals surface area contributed by atoms with Crippen LogP contribution in [0.3, 0.4) is 0 Å². The highest BCUT2D eigenvalue weighted by atomic mass is 32.1. The van der Waals surface area contributed by atoms with E-state index in [1.807, 2.05) is 41.8 Å². The Bertz CT molecular complexity index is 1260. The van der Waals surface area contributed by atoms with Crippen molar-refractivity contribution in [3.63, 3.8) is 0 Å². The van der Waals surface area contributed by atoms with Crippen LogP contribution in [0.1, 0.15) is 22.7 Å². The Balaban J connectivity index is 1.55. The lowest BCUT2D eigenvalue weighted by Gasteiger charge is -2.37. The predicted molar refractivity (Wildman–Crippen MR) is 122 cm³/mol. The molecule has 2 aromatic carbocycles. The number of methoxy groups -OCH3 is 2. The fourth-order valence-corrected chi connectivity index (χ4v) is 4.89. The third-order valence-corrected chi connectivity index (χ3v) is 6.60. The summed E-state index contributed by atoms with van der Waals surface area (Å²) in [7, 11) is 3.29. The van der Waals surface area contributed by atoms with Crippen LogP contribution in [0.5, 0.6) is 11.5 Å². The summed E-state index contributed by atoms with van der Waals surface area (Å²) in [6.45, 7) is 1.08. The SMILES string of the molecule is COc1cc2c(cc1OC)C(c1ccccc1)N(Cn1nc(-c3cccs3)oc1=O)CC2. The van der Waals surface area contributed by atoms with Crippen LogP contribution in [-0.4, -0.2) is 35.4 Å². The van der Waals surface area contributed by atoms with E-state index in [0.717, 1.165) is 34.7 Å². The van der Waals surface area contributed by atoms with Crippen molar-refractivity contribution in [3.8, 4) is 22.3 Å². The largest absolute Gasteiger partial charge is 0.493 e. The zero-order valence-electron chi connectivity index (χ0n) is 17.9. The second-order valence-electron chi connectivity index (χ2n) is 7.57. The lowest BCUT2D eigenvalue weighted by atomic mass is 9.88. The van der Waals surface area contributed by atoms with Crippen molar-refractivity contribution >= 4 is 11.3 Å². The van der Waals surface area contributed by atoms with Crippen molar-refractivity contribution in [2.24, 2.45) is 0 Å². The summed E-state index contributed by atoms with van der Waals surface area (Å²) in [4.78, 5) is 15.6. The maximum absolute atomic E-state index is 12.6. The Morgan fingerprint density at radius 2 is 1.88 bits per heavy atom. The maximum atomic E-state index is 12.6. The molecule has 32 heavy (non-hydrogen) atoms. The fraction of sp³-hybridized carbons (Fsp3) is 0.250. The number of thiophene rings is 1. The summed E-state index contributed by atoms with van der Waals surface area (Å²) in [5.74, 6) is 1.30. The van der Waals surface area contributed by atoms with Gasteiger partial charge in [0.2, 0.25) is 0 Å². The van der Waals surface area contributed by atoms with Crippen molar-refractivity contribution in [1.29, 1.82) is 0 Å². The first-order valence-electron chi connectivity index (χ1n) is 10.3.